The van der Waals surface area contributed by atoms with Gasteiger partial charge in [-0.15, -0.1) is 10.2 Å². The highest BCUT2D eigenvalue weighted by Gasteiger charge is 2.48. The van der Waals surface area contributed by atoms with E-state index in [1.54, 1.807) is 44.4 Å². The lowest BCUT2D eigenvalue weighted by Crippen LogP contribution is -2.45. The molecule has 10 heteroatoms. The number of hydrogen-bond acceptors (Lipinski definition) is 8. The van der Waals surface area contributed by atoms with Crippen molar-refractivity contribution in [3.8, 4) is 5.88 Å². The van der Waals surface area contributed by atoms with Crippen LogP contribution in [0.3, 0.4) is 0 Å². The first-order chi connectivity index (χ1) is 16.2. The number of methoxy groups -OCH3 is 1. The van der Waals surface area contributed by atoms with Gasteiger partial charge in [-0.1, -0.05) is 13.8 Å². The molecule has 4 rings (SSSR count). The van der Waals surface area contributed by atoms with E-state index in [2.05, 4.69) is 20.1 Å². The van der Waals surface area contributed by atoms with Crippen molar-refractivity contribution < 1.29 is 18.7 Å². The van der Waals surface area contributed by atoms with Crippen LogP contribution in [0.1, 0.15) is 67.2 Å². The second kappa shape index (κ2) is 9.69. The number of aromatic nitrogens is 3. The van der Waals surface area contributed by atoms with Crippen LogP contribution in [0.15, 0.2) is 22.7 Å². The van der Waals surface area contributed by atoms with Crippen molar-refractivity contribution in [3.63, 3.8) is 0 Å². The predicted octanol–water partition coefficient (Wildman–Crippen LogP) is 2.35. The normalized spacial score (nSPS) is 20.2. The van der Waals surface area contributed by atoms with E-state index in [9.17, 15) is 9.59 Å². The van der Waals surface area contributed by atoms with E-state index < -0.39 is 0 Å². The van der Waals surface area contributed by atoms with Crippen LogP contribution in [0.25, 0.3) is 0 Å². The van der Waals surface area contributed by atoms with Crippen LogP contribution in [0.4, 0.5) is 0 Å². The topological polar surface area (TPSA) is 105 Å². The summed E-state index contributed by atoms with van der Waals surface area (Å²) in [6, 6.07) is 3.35. The number of amides is 2. The molecule has 0 aliphatic carbocycles. The van der Waals surface area contributed by atoms with Gasteiger partial charge in [-0.2, -0.15) is 0 Å². The molecular formula is C24H34N6O4. The average Bonchev–Trinajstić information content (AvgIpc) is 3.45. The molecule has 2 fully saturated rings. The van der Waals surface area contributed by atoms with E-state index in [-0.39, 0.29) is 29.2 Å². The lowest BCUT2D eigenvalue weighted by Gasteiger charge is -2.39. The molecule has 0 bridgehead atoms. The monoisotopic (exact) mass is 470 g/mol. The van der Waals surface area contributed by atoms with E-state index in [4.69, 9.17) is 9.15 Å². The van der Waals surface area contributed by atoms with Gasteiger partial charge in [0.1, 0.15) is 0 Å². The standard InChI is InChI=1S/C24H34N6O4/c1-16(2)21-26-27-22(34-21)18-12-24(15-30(18)14-20(31)28(3)4)8-10-29(11-9-24)23(32)17-6-7-19(33-5)25-13-17/h6-7,13,16,18H,8-12,14-15H2,1-5H3. The fourth-order valence-electron chi connectivity index (χ4n) is 4.84. The van der Waals surface area contributed by atoms with Crippen molar-refractivity contribution in [2.45, 2.75) is 45.1 Å². The molecule has 34 heavy (non-hydrogen) atoms. The zero-order valence-corrected chi connectivity index (χ0v) is 20.7. The lowest BCUT2D eigenvalue weighted by molar-refractivity contribution is -0.130. The van der Waals surface area contributed by atoms with Gasteiger partial charge in [0.05, 0.1) is 25.3 Å². The molecule has 0 N–H and O–H groups in total. The van der Waals surface area contributed by atoms with Crippen LogP contribution in [0.5, 0.6) is 5.88 Å². The minimum Gasteiger partial charge on any atom is -0.481 e. The zero-order chi connectivity index (χ0) is 24.5. The van der Waals surface area contributed by atoms with E-state index in [1.165, 1.54) is 0 Å². The van der Waals surface area contributed by atoms with Crippen molar-refractivity contribution in [1.82, 2.24) is 29.9 Å². The Kier molecular flexibility index (Phi) is 6.88. The largest absolute Gasteiger partial charge is 0.481 e. The fourth-order valence-corrected chi connectivity index (χ4v) is 4.84. The first-order valence-corrected chi connectivity index (χ1v) is 11.8. The van der Waals surface area contributed by atoms with Crippen LogP contribution in [0.2, 0.25) is 0 Å². The van der Waals surface area contributed by atoms with Crippen molar-refractivity contribution in [2.75, 3.05) is 47.4 Å². The van der Waals surface area contributed by atoms with Crippen LogP contribution >= 0.6 is 0 Å². The van der Waals surface area contributed by atoms with Gasteiger partial charge in [0.2, 0.25) is 23.6 Å². The maximum absolute atomic E-state index is 13.0. The fraction of sp³-hybridized carbons (Fsp3) is 0.625. The number of hydrogen-bond donors (Lipinski definition) is 0. The molecule has 0 saturated carbocycles. The van der Waals surface area contributed by atoms with Crippen LogP contribution < -0.4 is 4.74 Å². The van der Waals surface area contributed by atoms with E-state index in [0.29, 0.717) is 42.9 Å². The van der Waals surface area contributed by atoms with Gasteiger partial charge < -0.3 is 19.0 Å². The summed E-state index contributed by atoms with van der Waals surface area (Å²) in [5.74, 6) is 1.86. The summed E-state index contributed by atoms with van der Waals surface area (Å²) in [4.78, 5) is 35.4. The highest BCUT2D eigenvalue weighted by atomic mass is 16.5. The van der Waals surface area contributed by atoms with Crippen LogP contribution in [-0.4, -0.2) is 89.1 Å². The molecule has 0 aromatic carbocycles. The summed E-state index contributed by atoms with van der Waals surface area (Å²) in [5.41, 5.74) is 0.560. The maximum atomic E-state index is 13.0. The quantitative estimate of drug-likeness (QED) is 0.634. The Morgan fingerprint density at radius 3 is 2.53 bits per heavy atom. The number of piperidine rings is 1. The average molecular weight is 471 g/mol. The number of likely N-dealkylation sites (tertiary alicyclic amines) is 2. The third kappa shape index (κ3) is 4.91. The Morgan fingerprint density at radius 1 is 1.24 bits per heavy atom. The number of rotatable bonds is 6. The minimum atomic E-state index is -0.100. The van der Waals surface area contributed by atoms with Gasteiger partial charge in [-0.25, -0.2) is 4.98 Å². The second-order valence-corrected chi connectivity index (χ2v) is 9.93. The number of nitrogens with zero attached hydrogens (tertiary/aromatic N) is 6. The number of carbonyl (C=O) groups is 2. The summed E-state index contributed by atoms with van der Waals surface area (Å²) in [6.07, 6.45) is 4.11. The van der Waals surface area contributed by atoms with E-state index >= 15 is 0 Å². The minimum absolute atomic E-state index is 0.00133. The predicted molar refractivity (Wildman–Crippen MR) is 124 cm³/mol. The third-order valence-electron chi connectivity index (χ3n) is 6.98. The molecule has 2 saturated heterocycles. The Hall–Kier alpha value is -3.01. The molecule has 4 heterocycles. The molecule has 2 aliphatic heterocycles. The van der Waals surface area contributed by atoms with Gasteiger partial charge in [-0.3, -0.25) is 14.5 Å². The summed E-state index contributed by atoms with van der Waals surface area (Å²) in [6.45, 7) is 6.43. The first kappa shape index (κ1) is 24.1. The molecule has 184 valence electrons. The summed E-state index contributed by atoms with van der Waals surface area (Å²) < 4.78 is 11.1. The van der Waals surface area contributed by atoms with Gasteiger partial charge in [0.15, 0.2) is 0 Å². The highest BCUT2D eigenvalue weighted by Crippen LogP contribution is 2.49. The van der Waals surface area contributed by atoms with Crippen molar-refractivity contribution in [1.29, 1.82) is 0 Å². The van der Waals surface area contributed by atoms with Crippen molar-refractivity contribution in [3.05, 3.63) is 35.7 Å². The number of likely N-dealkylation sites (N-methyl/N-ethyl adjacent to an activating group) is 1. The summed E-state index contributed by atoms with van der Waals surface area (Å²) in [5, 5.41) is 8.55. The molecule has 2 amide bonds. The molecule has 2 aromatic rings. The molecule has 1 atom stereocenters. The number of ether oxygens (including phenoxy) is 1. The molecule has 2 aliphatic rings. The van der Waals surface area contributed by atoms with Gasteiger partial charge in [0, 0.05) is 51.9 Å². The number of pyridine rings is 1. The summed E-state index contributed by atoms with van der Waals surface area (Å²) in [7, 11) is 5.09. The molecular weight excluding hydrogens is 436 g/mol. The Balaban J connectivity index is 1.47. The van der Waals surface area contributed by atoms with Crippen molar-refractivity contribution in [2.24, 2.45) is 5.41 Å². The van der Waals surface area contributed by atoms with E-state index in [1.807, 2.05) is 18.7 Å². The maximum Gasteiger partial charge on any atom is 0.255 e. The van der Waals surface area contributed by atoms with Gasteiger partial charge >= 0.3 is 0 Å². The molecule has 10 nitrogen and oxygen atoms in total. The smallest absolute Gasteiger partial charge is 0.255 e. The van der Waals surface area contributed by atoms with Gasteiger partial charge in [-0.05, 0) is 30.7 Å². The second-order valence-electron chi connectivity index (χ2n) is 9.93. The van der Waals surface area contributed by atoms with Crippen LogP contribution in [-0.2, 0) is 4.79 Å². The Labute approximate surface area is 200 Å². The van der Waals surface area contributed by atoms with Crippen LogP contribution in [0, 0.1) is 5.41 Å². The van der Waals surface area contributed by atoms with E-state index in [0.717, 1.165) is 25.8 Å². The first-order valence-electron chi connectivity index (χ1n) is 11.8. The molecule has 1 spiro atoms. The number of carbonyl (C=O) groups excluding carboxylic acids is 2. The SMILES string of the molecule is COc1ccc(C(=O)N2CCC3(CC2)CC(c2nnc(C(C)C)o2)N(CC(=O)N(C)C)C3)cn1. The molecule has 2 aromatic heterocycles. The van der Waals surface area contributed by atoms with Crippen molar-refractivity contribution >= 4 is 11.8 Å². The molecule has 0 radical (unpaired) electrons. The Morgan fingerprint density at radius 2 is 1.97 bits per heavy atom. The molecule has 1 unspecified atom stereocenters. The zero-order valence-electron chi connectivity index (χ0n) is 20.7. The summed E-state index contributed by atoms with van der Waals surface area (Å²) >= 11 is 0. The Bertz CT molecular complexity index is 1010. The van der Waals surface area contributed by atoms with Gasteiger partial charge in [0.25, 0.3) is 5.91 Å². The third-order valence-corrected chi connectivity index (χ3v) is 6.98. The highest BCUT2D eigenvalue weighted by molar-refractivity contribution is 5.94. The lowest BCUT2D eigenvalue weighted by atomic mass is 9.76.